The van der Waals surface area contributed by atoms with Crippen LogP contribution in [0.4, 0.5) is 4.79 Å². The van der Waals surface area contributed by atoms with Gasteiger partial charge in [-0.25, -0.2) is 9.78 Å². The Kier molecular flexibility index (Phi) is 4.93. The zero-order valence-electron chi connectivity index (χ0n) is 18.4. The standard InChI is InChI=1S/C24H22N4O4S/c1-14(21-25-16-9-5-7-11-18(16)33-21)27(3)20(29)13-28-22(30)24(2,26-23(28)31)19-12-15-8-4-6-10-17(15)32-19/h4-12,14H,13H2,1-3H3,(H,26,31)/t14-,24-/m1/s1. The molecule has 1 fully saturated rings. The smallest absolute Gasteiger partial charge is 0.325 e. The van der Waals surface area contributed by atoms with Gasteiger partial charge in [-0.3, -0.25) is 14.5 Å². The van der Waals surface area contributed by atoms with Gasteiger partial charge in [-0.1, -0.05) is 30.3 Å². The molecule has 2 atom stereocenters. The highest BCUT2D eigenvalue weighted by Gasteiger charge is 2.52. The van der Waals surface area contributed by atoms with E-state index in [0.29, 0.717) is 11.3 Å². The fraction of sp³-hybridized carbons (Fsp3) is 0.250. The summed E-state index contributed by atoms with van der Waals surface area (Å²) in [4.78, 5) is 46.0. The molecule has 0 spiro atoms. The van der Waals surface area contributed by atoms with Gasteiger partial charge in [0.1, 0.15) is 22.9 Å². The van der Waals surface area contributed by atoms with Crippen LogP contribution in [0, 0.1) is 0 Å². The van der Waals surface area contributed by atoms with Gasteiger partial charge in [-0.05, 0) is 38.1 Å². The number of carbonyl (C=O) groups excluding carboxylic acids is 3. The van der Waals surface area contributed by atoms with Crippen LogP contribution in [-0.4, -0.2) is 46.2 Å². The largest absolute Gasteiger partial charge is 0.458 e. The Morgan fingerprint density at radius 1 is 1.21 bits per heavy atom. The first-order valence-corrected chi connectivity index (χ1v) is 11.3. The first kappa shape index (κ1) is 21.1. The summed E-state index contributed by atoms with van der Waals surface area (Å²) in [5.74, 6) is -0.562. The fourth-order valence-electron chi connectivity index (χ4n) is 3.93. The van der Waals surface area contributed by atoms with Gasteiger partial charge in [0.05, 0.1) is 16.3 Å². The van der Waals surface area contributed by atoms with Crippen molar-refractivity contribution in [2.45, 2.75) is 25.4 Å². The molecule has 33 heavy (non-hydrogen) atoms. The quantitative estimate of drug-likeness (QED) is 0.452. The maximum Gasteiger partial charge on any atom is 0.325 e. The molecule has 4 amide bonds. The Morgan fingerprint density at radius 2 is 1.94 bits per heavy atom. The number of aromatic nitrogens is 1. The van der Waals surface area contributed by atoms with Crippen LogP contribution in [0.5, 0.6) is 0 Å². The van der Waals surface area contributed by atoms with Crippen molar-refractivity contribution in [2.75, 3.05) is 13.6 Å². The summed E-state index contributed by atoms with van der Waals surface area (Å²) in [5, 5.41) is 4.31. The van der Waals surface area contributed by atoms with Gasteiger partial charge < -0.3 is 14.6 Å². The Morgan fingerprint density at radius 3 is 2.70 bits per heavy atom. The third kappa shape index (κ3) is 3.45. The van der Waals surface area contributed by atoms with Crippen molar-refractivity contribution < 1.29 is 18.8 Å². The number of carbonyl (C=O) groups is 3. The number of likely N-dealkylation sites (N-methyl/N-ethyl adjacent to an activating group) is 1. The number of nitrogens with zero attached hydrogens (tertiary/aromatic N) is 3. The lowest BCUT2D eigenvalue weighted by atomic mass is 9.99. The highest BCUT2D eigenvalue weighted by molar-refractivity contribution is 7.18. The number of fused-ring (bicyclic) bond motifs is 2. The average molecular weight is 463 g/mol. The van der Waals surface area contributed by atoms with Crippen LogP contribution in [0.25, 0.3) is 21.2 Å². The van der Waals surface area contributed by atoms with Crippen LogP contribution in [0.15, 0.2) is 59.0 Å². The monoisotopic (exact) mass is 462 g/mol. The lowest BCUT2D eigenvalue weighted by Gasteiger charge is -2.25. The second-order valence-electron chi connectivity index (χ2n) is 8.30. The summed E-state index contributed by atoms with van der Waals surface area (Å²) < 4.78 is 6.87. The second kappa shape index (κ2) is 7.70. The first-order chi connectivity index (χ1) is 15.8. The van der Waals surface area contributed by atoms with Crippen LogP contribution in [0.3, 0.4) is 0 Å². The van der Waals surface area contributed by atoms with Crippen LogP contribution in [-0.2, 0) is 15.1 Å². The van der Waals surface area contributed by atoms with Gasteiger partial charge in [0.2, 0.25) is 5.91 Å². The van der Waals surface area contributed by atoms with Gasteiger partial charge in [0.25, 0.3) is 5.91 Å². The predicted molar refractivity (Wildman–Crippen MR) is 125 cm³/mol. The van der Waals surface area contributed by atoms with Crippen molar-refractivity contribution in [2.24, 2.45) is 0 Å². The Bertz CT molecular complexity index is 1340. The molecule has 0 bridgehead atoms. The van der Waals surface area contributed by atoms with E-state index in [0.717, 1.165) is 25.5 Å². The third-order valence-corrected chi connectivity index (χ3v) is 7.34. The number of hydrogen-bond donors (Lipinski definition) is 1. The molecule has 0 radical (unpaired) electrons. The summed E-state index contributed by atoms with van der Waals surface area (Å²) in [6.07, 6.45) is 0. The normalized spacial score (nSPS) is 19.3. The number of hydrogen-bond acceptors (Lipinski definition) is 6. The first-order valence-electron chi connectivity index (χ1n) is 10.5. The molecule has 1 aliphatic heterocycles. The minimum atomic E-state index is -1.38. The van der Waals surface area contributed by atoms with Crippen molar-refractivity contribution in [3.63, 3.8) is 0 Å². The topological polar surface area (TPSA) is 95.8 Å². The SMILES string of the molecule is C[C@H](c1nc2ccccc2s1)N(C)C(=O)CN1C(=O)N[C@](C)(c2cc3ccccc3o2)C1=O. The minimum absolute atomic E-state index is 0.308. The van der Waals surface area contributed by atoms with Gasteiger partial charge in [0, 0.05) is 12.4 Å². The number of rotatable bonds is 5. The molecule has 1 aliphatic rings. The predicted octanol–water partition coefficient (Wildman–Crippen LogP) is 4.03. The van der Waals surface area contributed by atoms with E-state index in [2.05, 4.69) is 10.3 Å². The van der Waals surface area contributed by atoms with Crippen LogP contribution in [0.1, 0.15) is 30.7 Å². The molecule has 0 saturated carbocycles. The Balaban J connectivity index is 1.34. The van der Waals surface area contributed by atoms with E-state index in [1.54, 1.807) is 26.1 Å². The van der Waals surface area contributed by atoms with Crippen LogP contribution >= 0.6 is 11.3 Å². The maximum absolute atomic E-state index is 13.2. The van der Waals surface area contributed by atoms with Crippen molar-refractivity contribution >= 4 is 50.4 Å². The molecule has 5 rings (SSSR count). The lowest BCUT2D eigenvalue weighted by Crippen LogP contribution is -2.44. The van der Waals surface area contributed by atoms with Gasteiger partial charge >= 0.3 is 6.03 Å². The summed E-state index contributed by atoms with van der Waals surface area (Å²) in [7, 11) is 1.65. The molecule has 4 aromatic rings. The van der Waals surface area contributed by atoms with E-state index in [1.165, 1.54) is 16.2 Å². The fourth-order valence-corrected chi connectivity index (χ4v) is 5.00. The van der Waals surface area contributed by atoms with Gasteiger partial charge in [-0.15, -0.1) is 11.3 Å². The maximum atomic E-state index is 13.2. The summed E-state index contributed by atoms with van der Waals surface area (Å²) in [6, 6.07) is 15.9. The van der Waals surface area contributed by atoms with E-state index in [1.807, 2.05) is 49.4 Å². The summed E-state index contributed by atoms with van der Waals surface area (Å²) in [6.45, 7) is 3.09. The molecular formula is C24H22N4O4S. The molecule has 1 saturated heterocycles. The molecule has 8 nitrogen and oxygen atoms in total. The van der Waals surface area contributed by atoms with Crippen LogP contribution in [0.2, 0.25) is 0 Å². The second-order valence-corrected chi connectivity index (χ2v) is 9.36. The van der Waals surface area contributed by atoms with Crippen molar-refractivity contribution in [3.8, 4) is 0 Å². The lowest BCUT2D eigenvalue weighted by molar-refractivity contribution is -0.139. The number of thiazole rings is 1. The highest BCUT2D eigenvalue weighted by atomic mass is 32.1. The van der Waals surface area contributed by atoms with E-state index in [9.17, 15) is 14.4 Å². The Labute approximate surface area is 193 Å². The van der Waals surface area contributed by atoms with Gasteiger partial charge in [-0.2, -0.15) is 0 Å². The molecule has 2 aromatic carbocycles. The number of benzene rings is 2. The molecule has 1 N–H and O–H groups in total. The zero-order valence-corrected chi connectivity index (χ0v) is 19.2. The number of furan rings is 1. The molecule has 0 unspecified atom stereocenters. The molecule has 3 heterocycles. The average Bonchev–Trinajstić information content (AvgIpc) is 3.49. The van der Waals surface area contributed by atoms with Crippen molar-refractivity contribution in [1.29, 1.82) is 0 Å². The number of amides is 4. The number of imide groups is 1. The molecular weight excluding hydrogens is 440 g/mol. The van der Waals surface area contributed by atoms with Crippen molar-refractivity contribution in [3.05, 3.63) is 65.4 Å². The third-order valence-electron chi connectivity index (χ3n) is 6.13. The number of urea groups is 1. The molecule has 168 valence electrons. The summed E-state index contributed by atoms with van der Waals surface area (Å²) in [5.41, 5.74) is 0.115. The highest BCUT2D eigenvalue weighted by Crippen LogP contribution is 2.33. The van der Waals surface area contributed by atoms with Gasteiger partial charge in [0.15, 0.2) is 5.54 Å². The van der Waals surface area contributed by atoms with Crippen LogP contribution < -0.4 is 5.32 Å². The van der Waals surface area contributed by atoms with E-state index < -0.39 is 17.5 Å². The molecule has 2 aromatic heterocycles. The Hall–Kier alpha value is -3.72. The van der Waals surface area contributed by atoms with Crippen molar-refractivity contribution in [1.82, 2.24) is 20.1 Å². The van der Waals surface area contributed by atoms with E-state index >= 15 is 0 Å². The summed E-state index contributed by atoms with van der Waals surface area (Å²) >= 11 is 1.52. The number of para-hydroxylation sites is 2. The minimum Gasteiger partial charge on any atom is -0.458 e. The molecule has 0 aliphatic carbocycles. The number of nitrogens with one attached hydrogen (secondary N) is 1. The van der Waals surface area contributed by atoms with E-state index in [-0.39, 0.29) is 18.5 Å². The molecule has 9 heteroatoms. The van der Waals surface area contributed by atoms with E-state index in [4.69, 9.17) is 4.42 Å². The zero-order chi connectivity index (χ0) is 23.3.